The molecule has 0 bridgehead atoms. The van der Waals surface area contributed by atoms with Crippen molar-refractivity contribution in [3.63, 3.8) is 0 Å². The van der Waals surface area contributed by atoms with Crippen molar-refractivity contribution in [3.05, 3.63) is 119 Å². The van der Waals surface area contributed by atoms with Crippen LogP contribution in [0.1, 0.15) is 52.6 Å². The van der Waals surface area contributed by atoms with Gasteiger partial charge >= 0.3 is 5.97 Å². The second kappa shape index (κ2) is 15.1. The van der Waals surface area contributed by atoms with Crippen molar-refractivity contribution in [2.24, 2.45) is 0 Å². The Kier molecular flexibility index (Phi) is 11.7. The molecule has 1 radical (unpaired) electrons. The monoisotopic (exact) mass is 500 g/mol. The van der Waals surface area contributed by atoms with Crippen LogP contribution in [0.15, 0.2) is 79.4 Å². The average Bonchev–Trinajstić information content (AvgIpc) is 2.87. The summed E-state index contributed by atoms with van der Waals surface area (Å²) >= 11 is 0. The molecular formula is C32H25CoO2-. The van der Waals surface area contributed by atoms with Crippen molar-refractivity contribution < 1.29 is 26.3 Å². The minimum Gasteiger partial charge on any atom is -0.463 e. The quantitative estimate of drug-likeness (QED) is 0.145. The fraction of sp³-hybridized carbons (Fsp3) is 0.156. The third-order valence-electron chi connectivity index (χ3n) is 4.86. The predicted molar refractivity (Wildman–Crippen MR) is 137 cm³/mol. The van der Waals surface area contributed by atoms with E-state index in [1.807, 2.05) is 60.7 Å². The summed E-state index contributed by atoms with van der Waals surface area (Å²) in [6.07, 6.45) is 3.61. The maximum absolute atomic E-state index is 11.0. The predicted octanol–water partition coefficient (Wildman–Crippen LogP) is 5.84. The first-order chi connectivity index (χ1) is 16.6. The van der Waals surface area contributed by atoms with Crippen molar-refractivity contribution in [3.8, 4) is 35.5 Å². The fourth-order valence-electron chi connectivity index (χ4n) is 2.98. The summed E-state index contributed by atoms with van der Waals surface area (Å²) in [4.78, 5) is 11.0. The number of carbonyl (C=O) groups is 1. The smallest absolute Gasteiger partial charge is 0.330 e. The van der Waals surface area contributed by atoms with E-state index in [-0.39, 0.29) is 22.7 Å². The van der Waals surface area contributed by atoms with E-state index in [1.54, 1.807) is 0 Å². The van der Waals surface area contributed by atoms with Crippen LogP contribution in [0, 0.1) is 48.5 Å². The second-order valence-corrected chi connectivity index (χ2v) is 7.53. The van der Waals surface area contributed by atoms with Crippen LogP contribution < -0.4 is 0 Å². The van der Waals surface area contributed by atoms with Gasteiger partial charge in [0.05, 0.1) is 6.61 Å². The maximum Gasteiger partial charge on any atom is 0.330 e. The molecular weight excluding hydrogens is 475 g/mol. The normalized spacial score (nSPS) is 9.06. The number of esters is 1. The number of carbonyl (C=O) groups excluding carboxylic acids is 1. The Morgan fingerprint density at radius 2 is 1.46 bits per heavy atom. The van der Waals surface area contributed by atoms with E-state index in [1.165, 1.54) is 6.08 Å². The van der Waals surface area contributed by atoms with Crippen molar-refractivity contribution in [2.75, 3.05) is 6.61 Å². The number of unbranched alkanes of at least 4 members (excludes halogenated alkanes) is 2. The van der Waals surface area contributed by atoms with Gasteiger partial charge in [-0.15, -0.1) is 0 Å². The Labute approximate surface area is 219 Å². The first-order valence-corrected chi connectivity index (χ1v) is 11.1. The molecule has 0 amide bonds. The van der Waals surface area contributed by atoms with Crippen LogP contribution in [-0.4, -0.2) is 12.6 Å². The Hall–Kier alpha value is -3.94. The molecule has 0 N–H and O–H groups in total. The molecule has 0 saturated heterocycles. The SMILES string of the molecule is C=CC(=O)OCCCCC#Cc1ccc(C#Cc2ccc(C#Cc3cc[c-]cc3)cc2C)cc1.[Co]. The molecule has 2 nitrogen and oxygen atoms in total. The topological polar surface area (TPSA) is 26.3 Å². The molecule has 0 spiro atoms. The van der Waals surface area contributed by atoms with Gasteiger partial charge in [0.1, 0.15) is 0 Å². The van der Waals surface area contributed by atoms with E-state index in [4.69, 9.17) is 4.74 Å². The van der Waals surface area contributed by atoms with Gasteiger partial charge in [0.25, 0.3) is 0 Å². The van der Waals surface area contributed by atoms with Crippen LogP contribution in [0.2, 0.25) is 0 Å². The Bertz CT molecular complexity index is 1320. The molecule has 3 heteroatoms. The molecule has 35 heavy (non-hydrogen) atoms. The Balaban J connectivity index is 0.00000432. The standard InChI is InChI=1S/C32H25O2.Co/c1-3-32(33)34-24-10-5-4-7-13-28-14-16-29(17-15-28)20-22-31-23-21-30(25-26(31)2)19-18-27-11-8-6-9-12-27;/h3,8-9,11-12,14-17,21,23,25H,1,4-5,10,24H2,2H3;/q-1;. The summed E-state index contributed by atoms with van der Waals surface area (Å²) in [5.41, 5.74) is 5.93. The molecule has 3 aromatic carbocycles. The van der Waals surface area contributed by atoms with Crippen molar-refractivity contribution in [1.82, 2.24) is 0 Å². The van der Waals surface area contributed by atoms with E-state index in [9.17, 15) is 4.79 Å². The minimum atomic E-state index is -0.381. The van der Waals surface area contributed by atoms with Gasteiger partial charge in [0.15, 0.2) is 0 Å². The van der Waals surface area contributed by atoms with E-state index < -0.39 is 0 Å². The third-order valence-corrected chi connectivity index (χ3v) is 4.86. The maximum atomic E-state index is 11.0. The van der Waals surface area contributed by atoms with Crippen LogP contribution in [-0.2, 0) is 26.3 Å². The zero-order chi connectivity index (χ0) is 24.0. The summed E-state index contributed by atoms with van der Waals surface area (Å²) in [7, 11) is 0. The summed E-state index contributed by atoms with van der Waals surface area (Å²) in [6, 6.07) is 24.6. The minimum absolute atomic E-state index is 0. The Morgan fingerprint density at radius 3 is 2.14 bits per heavy atom. The molecule has 0 saturated carbocycles. The van der Waals surface area contributed by atoms with E-state index >= 15 is 0 Å². The van der Waals surface area contributed by atoms with Gasteiger partial charge in [-0.3, -0.25) is 0 Å². The van der Waals surface area contributed by atoms with Crippen LogP contribution in [0.25, 0.3) is 0 Å². The zero-order valence-electron chi connectivity index (χ0n) is 19.6. The molecule has 0 atom stereocenters. The molecule has 3 rings (SSSR count). The summed E-state index contributed by atoms with van der Waals surface area (Å²) < 4.78 is 4.94. The van der Waals surface area contributed by atoms with E-state index in [2.05, 4.69) is 61.2 Å². The van der Waals surface area contributed by atoms with Crippen molar-refractivity contribution in [2.45, 2.75) is 26.2 Å². The van der Waals surface area contributed by atoms with Gasteiger partial charge in [-0.2, -0.15) is 30.3 Å². The van der Waals surface area contributed by atoms with Gasteiger partial charge in [0, 0.05) is 51.5 Å². The largest absolute Gasteiger partial charge is 0.463 e. The number of hydrogen-bond acceptors (Lipinski definition) is 2. The van der Waals surface area contributed by atoms with E-state index in [0.717, 1.165) is 52.6 Å². The molecule has 0 aliphatic carbocycles. The van der Waals surface area contributed by atoms with Crippen LogP contribution in [0.4, 0.5) is 0 Å². The van der Waals surface area contributed by atoms with E-state index in [0.29, 0.717) is 6.61 Å². The van der Waals surface area contributed by atoms with Gasteiger partial charge in [-0.1, -0.05) is 47.7 Å². The summed E-state index contributed by atoms with van der Waals surface area (Å²) in [6.45, 7) is 5.82. The summed E-state index contributed by atoms with van der Waals surface area (Å²) in [5.74, 6) is 18.8. The molecule has 0 fully saturated rings. The molecule has 175 valence electrons. The fourth-order valence-corrected chi connectivity index (χ4v) is 2.98. The zero-order valence-corrected chi connectivity index (χ0v) is 20.7. The number of hydrogen-bond donors (Lipinski definition) is 0. The summed E-state index contributed by atoms with van der Waals surface area (Å²) in [5, 5.41) is 0. The molecule has 0 aliphatic rings. The van der Waals surface area contributed by atoms with Crippen molar-refractivity contribution >= 4 is 5.97 Å². The number of aryl methyl sites for hydroxylation is 1. The van der Waals surface area contributed by atoms with Crippen LogP contribution in [0.3, 0.4) is 0 Å². The van der Waals surface area contributed by atoms with Crippen LogP contribution in [0.5, 0.6) is 0 Å². The molecule has 0 heterocycles. The van der Waals surface area contributed by atoms with Gasteiger partial charge < -0.3 is 4.74 Å². The number of benzene rings is 3. The number of rotatable bonds is 5. The third kappa shape index (κ3) is 9.83. The molecule has 0 unspecified atom stereocenters. The second-order valence-electron chi connectivity index (χ2n) is 7.53. The first kappa shape index (κ1) is 27.3. The van der Waals surface area contributed by atoms with Crippen LogP contribution >= 0.6 is 0 Å². The van der Waals surface area contributed by atoms with Gasteiger partial charge in [0.2, 0.25) is 0 Å². The van der Waals surface area contributed by atoms with Gasteiger partial charge in [-0.25, -0.2) is 4.79 Å². The average molecular weight is 500 g/mol. The molecule has 0 aromatic heterocycles. The molecule has 3 aromatic rings. The Morgan fingerprint density at radius 1 is 0.857 bits per heavy atom. The van der Waals surface area contributed by atoms with Crippen molar-refractivity contribution in [1.29, 1.82) is 0 Å². The van der Waals surface area contributed by atoms with Gasteiger partial charge in [-0.05, 0) is 67.8 Å². The first-order valence-electron chi connectivity index (χ1n) is 11.1. The number of ether oxygens (including phenoxy) is 1. The molecule has 0 aliphatic heterocycles.